The Kier molecular flexibility index (Phi) is 4.21. The zero-order valence-corrected chi connectivity index (χ0v) is 14.0. The highest BCUT2D eigenvalue weighted by Gasteiger charge is 2.37. The first-order valence-corrected chi connectivity index (χ1v) is 8.20. The van der Waals surface area contributed by atoms with Crippen molar-refractivity contribution in [2.24, 2.45) is 13.0 Å². The Hall–Kier alpha value is -3.07. The van der Waals surface area contributed by atoms with Crippen LogP contribution in [0, 0.1) is 11.7 Å². The quantitative estimate of drug-likeness (QED) is 0.771. The van der Waals surface area contributed by atoms with Gasteiger partial charge in [0.15, 0.2) is 0 Å². The average Bonchev–Trinajstić information content (AvgIpc) is 3.36. The fourth-order valence-electron chi connectivity index (χ4n) is 3.09. The number of anilines is 1. The van der Waals surface area contributed by atoms with Gasteiger partial charge in [-0.2, -0.15) is 15.2 Å². The maximum Gasteiger partial charge on any atom is 0.232 e. The number of benzene rings is 1. The van der Waals surface area contributed by atoms with Crippen LogP contribution < -0.4 is 5.32 Å². The number of ether oxygens (including phenoxy) is 1. The van der Waals surface area contributed by atoms with Gasteiger partial charge in [0.2, 0.25) is 11.9 Å². The van der Waals surface area contributed by atoms with E-state index in [2.05, 4.69) is 20.5 Å². The minimum atomic E-state index is -0.448. The normalized spacial score (nSPS) is 19.6. The van der Waals surface area contributed by atoms with Crippen LogP contribution in [-0.4, -0.2) is 37.1 Å². The van der Waals surface area contributed by atoms with Crippen LogP contribution in [0.2, 0.25) is 0 Å². The largest absolute Gasteiger partial charge is 0.371 e. The summed E-state index contributed by atoms with van der Waals surface area (Å²) in [6, 6.07) is 7.82. The van der Waals surface area contributed by atoms with Gasteiger partial charge in [0.05, 0.1) is 17.3 Å². The molecule has 1 saturated heterocycles. The van der Waals surface area contributed by atoms with Crippen LogP contribution in [0.3, 0.4) is 0 Å². The Labute approximate surface area is 148 Å². The van der Waals surface area contributed by atoms with Crippen molar-refractivity contribution in [1.29, 1.82) is 0 Å². The number of aryl methyl sites for hydroxylation is 1. The Morgan fingerprint density at radius 2 is 2.08 bits per heavy atom. The molecule has 4 rings (SSSR count). The molecule has 1 fully saturated rings. The van der Waals surface area contributed by atoms with Crippen LogP contribution in [-0.2, 0) is 16.6 Å². The summed E-state index contributed by atoms with van der Waals surface area (Å²) in [5, 5.41) is 11.0. The monoisotopic (exact) mass is 356 g/mol. The Morgan fingerprint density at radius 3 is 2.81 bits per heavy atom. The van der Waals surface area contributed by atoms with Gasteiger partial charge in [-0.3, -0.25) is 10.1 Å². The molecule has 9 heteroatoms. The van der Waals surface area contributed by atoms with Crippen LogP contribution in [0.4, 0.5) is 10.3 Å². The Balaban J connectivity index is 1.59. The van der Waals surface area contributed by atoms with Gasteiger partial charge in [-0.05, 0) is 36.8 Å². The smallest absolute Gasteiger partial charge is 0.232 e. The van der Waals surface area contributed by atoms with Crippen molar-refractivity contribution in [3.8, 4) is 5.69 Å². The zero-order chi connectivity index (χ0) is 18.1. The minimum absolute atomic E-state index is 0.185. The Bertz CT molecular complexity index is 919. The predicted octanol–water partition coefficient (Wildman–Crippen LogP) is 1.86. The molecule has 2 atom stereocenters. The maximum absolute atomic E-state index is 13.2. The van der Waals surface area contributed by atoms with Crippen molar-refractivity contribution in [2.45, 2.75) is 12.5 Å². The number of rotatable bonds is 4. The molecule has 1 N–H and O–H groups in total. The standard InChI is InChI=1S/C17H17FN6O2/c1-23-17(19-10-21-23)22-16(25)13-7-9-26-15(13)14-6-8-20-24(14)12-4-2-11(18)3-5-12/h2-6,8,10,13,15H,7,9H2,1H3,(H,19,21,22,25)/t13-,15-/m0/s1. The molecule has 0 saturated carbocycles. The maximum atomic E-state index is 13.2. The topological polar surface area (TPSA) is 86.9 Å². The van der Waals surface area contributed by atoms with Crippen molar-refractivity contribution < 1.29 is 13.9 Å². The minimum Gasteiger partial charge on any atom is -0.371 e. The van der Waals surface area contributed by atoms with Gasteiger partial charge in [-0.1, -0.05) is 0 Å². The van der Waals surface area contributed by atoms with Gasteiger partial charge in [0.1, 0.15) is 18.2 Å². The molecule has 1 aromatic carbocycles. The molecule has 26 heavy (non-hydrogen) atoms. The number of carbonyl (C=O) groups excluding carboxylic acids is 1. The van der Waals surface area contributed by atoms with E-state index in [0.29, 0.717) is 24.7 Å². The number of amides is 1. The molecule has 0 radical (unpaired) electrons. The van der Waals surface area contributed by atoms with Gasteiger partial charge < -0.3 is 4.74 Å². The average molecular weight is 356 g/mol. The molecule has 3 heterocycles. The van der Waals surface area contributed by atoms with Crippen LogP contribution in [0.5, 0.6) is 0 Å². The summed E-state index contributed by atoms with van der Waals surface area (Å²) in [6.07, 6.45) is 3.15. The lowest BCUT2D eigenvalue weighted by Gasteiger charge is -2.19. The van der Waals surface area contributed by atoms with E-state index < -0.39 is 6.10 Å². The van der Waals surface area contributed by atoms with Gasteiger partial charge in [-0.15, -0.1) is 0 Å². The van der Waals surface area contributed by atoms with Gasteiger partial charge in [0.25, 0.3) is 0 Å². The first-order valence-electron chi connectivity index (χ1n) is 8.20. The van der Waals surface area contributed by atoms with E-state index in [0.717, 1.165) is 5.69 Å². The van der Waals surface area contributed by atoms with Crippen molar-refractivity contribution in [3.05, 3.63) is 54.4 Å². The highest BCUT2D eigenvalue weighted by atomic mass is 19.1. The van der Waals surface area contributed by atoms with Crippen molar-refractivity contribution in [3.63, 3.8) is 0 Å². The molecular weight excluding hydrogens is 339 g/mol. The summed E-state index contributed by atoms with van der Waals surface area (Å²) in [6.45, 7) is 0.468. The first kappa shape index (κ1) is 16.4. The van der Waals surface area contributed by atoms with Gasteiger partial charge in [0, 0.05) is 19.9 Å². The first-order chi connectivity index (χ1) is 12.6. The van der Waals surface area contributed by atoms with Gasteiger partial charge in [-0.25, -0.2) is 13.8 Å². The molecule has 134 valence electrons. The molecule has 3 aromatic rings. The Morgan fingerprint density at radius 1 is 1.27 bits per heavy atom. The van der Waals surface area contributed by atoms with Crippen LogP contribution in [0.15, 0.2) is 42.9 Å². The number of aromatic nitrogens is 5. The third kappa shape index (κ3) is 2.97. The molecular formula is C17H17FN6O2. The molecule has 0 unspecified atom stereocenters. The van der Waals surface area contributed by atoms with E-state index in [-0.39, 0.29) is 17.6 Å². The van der Waals surface area contributed by atoms with E-state index in [1.807, 2.05) is 6.07 Å². The van der Waals surface area contributed by atoms with Crippen LogP contribution >= 0.6 is 0 Å². The number of carbonyl (C=O) groups is 1. The second kappa shape index (κ2) is 6.68. The lowest BCUT2D eigenvalue weighted by molar-refractivity contribution is -0.121. The summed E-state index contributed by atoms with van der Waals surface area (Å²) < 4.78 is 22.2. The summed E-state index contributed by atoms with van der Waals surface area (Å²) in [7, 11) is 1.70. The fourth-order valence-corrected chi connectivity index (χ4v) is 3.09. The lowest BCUT2D eigenvalue weighted by Crippen LogP contribution is -2.27. The molecule has 1 amide bonds. The van der Waals surface area contributed by atoms with E-state index in [1.54, 1.807) is 30.1 Å². The second-order valence-electron chi connectivity index (χ2n) is 6.03. The highest BCUT2D eigenvalue weighted by Crippen LogP contribution is 2.36. The zero-order valence-electron chi connectivity index (χ0n) is 14.0. The highest BCUT2D eigenvalue weighted by molar-refractivity contribution is 5.91. The molecule has 1 aliphatic rings. The van der Waals surface area contributed by atoms with Crippen LogP contribution in [0.1, 0.15) is 18.2 Å². The molecule has 2 aromatic heterocycles. The van der Waals surface area contributed by atoms with Gasteiger partial charge >= 0.3 is 0 Å². The van der Waals surface area contributed by atoms with Crippen LogP contribution in [0.25, 0.3) is 5.69 Å². The summed E-state index contributed by atoms with van der Waals surface area (Å²) in [5.74, 6) is -0.508. The second-order valence-corrected chi connectivity index (χ2v) is 6.03. The van der Waals surface area contributed by atoms with Crippen molar-refractivity contribution >= 4 is 11.9 Å². The lowest BCUT2D eigenvalue weighted by atomic mass is 9.98. The molecule has 0 spiro atoms. The third-order valence-corrected chi connectivity index (χ3v) is 4.41. The van der Waals surface area contributed by atoms with Crippen molar-refractivity contribution in [1.82, 2.24) is 24.5 Å². The number of hydrogen-bond acceptors (Lipinski definition) is 5. The number of nitrogens with one attached hydrogen (secondary N) is 1. The number of hydrogen-bond donors (Lipinski definition) is 1. The van der Waals surface area contributed by atoms with E-state index in [1.165, 1.54) is 23.1 Å². The summed E-state index contributed by atoms with van der Waals surface area (Å²) in [5.41, 5.74) is 1.45. The number of nitrogens with zero attached hydrogens (tertiary/aromatic N) is 5. The van der Waals surface area contributed by atoms with E-state index in [4.69, 9.17) is 4.74 Å². The van der Waals surface area contributed by atoms with Crippen molar-refractivity contribution in [2.75, 3.05) is 11.9 Å². The van der Waals surface area contributed by atoms with E-state index in [9.17, 15) is 9.18 Å². The number of halogens is 1. The fraction of sp³-hybridized carbons (Fsp3) is 0.294. The molecule has 0 bridgehead atoms. The molecule has 1 aliphatic heterocycles. The predicted molar refractivity (Wildman–Crippen MR) is 90.0 cm³/mol. The van der Waals surface area contributed by atoms with E-state index >= 15 is 0 Å². The molecule has 8 nitrogen and oxygen atoms in total. The SMILES string of the molecule is Cn1ncnc1NC(=O)[C@H]1CCO[C@@H]1c1ccnn1-c1ccc(F)cc1. The summed E-state index contributed by atoms with van der Waals surface area (Å²) >= 11 is 0. The molecule has 0 aliphatic carbocycles. The third-order valence-electron chi connectivity index (χ3n) is 4.41. The summed E-state index contributed by atoms with van der Waals surface area (Å²) in [4.78, 5) is 16.7.